The van der Waals surface area contributed by atoms with E-state index in [0.717, 1.165) is 21.9 Å². The molecule has 3 atom stereocenters. The minimum Gasteiger partial charge on any atom is -0.341 e. The zero-order valence-corrected chi connectivity index (χ0v) is 19.1. The van der Waals surface area contributed by atoms with Crippen molar-refractivity contribution in [1.29, 1.82) is 0 Å². The van der Waals surface area contributed by atoms with Gasteiger partial charge >= 0.3 is 0 Å². The second-order valence-corrected chi connectivity index (χ2v) is 10.1. The van der Waals surface area contributed by atoms with Crippen LogP contribution in [-0.2, 0) is 0 Å². The number of aliphatic imine (C=N–C) groups is 1. The van der Waals surface area contributed by atoms with Gasteiger partial charge in [0.1, 0.15) is 6.04 Å². The summed E-state index contributed by atoms with van der Waals surface area (Å²) in [4.78, 5) is 12.3. The van der Waals surface area contributed by atoms with E-state index in [4.69, 9.17) is 4.99 Å². The van der Waals surface area contributed by atoms with Crippen molar-refractivity contribution >= 4 is 32.9 Å². The average molecular weight is 467 g/mol. The molecule has 148 valence electrons. The summed E-state index contributed by atoms with van der Waals surface area (Å²) in [6.45, 7) is 7.72. The molecule has 0 spiro atoms. The number of nitrogens with zero attached hydrogens (tertiary/aromatic N) is 4. The van der Waals surface area contributed by atoms with Gasteiger partial charge in [-0.3, -0.25) is 9.98 Å². The van der Waals surface area contributed by atoms with Crippen molar-refractivity contribution in [3.05, 3.63) is 81.8 Å². The first-order chi connectivity index (χ1) is 14.0. The van der Waals surface area contributed by atoms with Crippen LogP contribution in [0.1, 0.15) is 41.7 Å². The van der Waals surface area contributed by atoms with Crippen LogP contribution in [0.15, 0.2) is 64.2 Å². The van der Waals surface area contributed by atoms with Crippen LogP contribution in [0.25, 0.3) is 5.69 Å². The topological polar surface area (TPSA) is 33.4 Å². The van der Waals surface area contributed by atoms with Crippen LogP contribution in [0, 0.1) is 13.8 Å². The molecule has 2 aliphatic rings. The summed E-state index contributed by atoms with van der Waals surface area (Å²) < 4.78 is 3.44. The summed E-state index contributed by atoms with van der Waals surface area (Å²) in [5.41, 5.74) is 6.07. The van der Waals surface area contributed by atoms with Gasteiger partial charge in [0.15, 0.2) is 5.17 Å². The van der Waals surface area contributed by atoms with Crippen molar-refractivity contribution in [3.63, 3.8) is 0 Å². The molecule has 0 aliphatic carbocycles. The highest BCUT2D eigenvalue weighted by atomic mass is 79.9. The van der Waals surface area contributed by atoms with Crippen molar-refractivity contribution in [2.45, 2.75) is 38.1 Å². The highest BCUT2D eigenvalue weighted by Gasteiger charge is 2.44. The molecule has 0 amide bonds. The summed E-state index contributed by atoms with van der Waals surface area (Å²) in [6.07, 6.45) is 1.87. The van der Waals surface area contributed by atoms with Crippen LogP contribution in [0.4, 0.5) is 0 Å². The Bertz CT molecular complexity index is 1090. The lowest BCUT2D eigenvalue weighted by Crippen LogP contribution is -2.28. The first-order valence-electron chi connectivity index (χ1n) is 9.89. The maximum absolute atomic E-state index is 5.12. The Labute approximate surface area is 184 Å². The fraction of sp³-hybridized carbons (Fsp3) is 0.304. The number of benzene rings is 1. The first kappa shape index (κ1) is 18.9. The van der Waals surface area contributed by atoms with Crippen molar-refractivity contribution in [2.24, 2.45) is 4.99 Å². The third kappa shape index (κ3) is 3.22. The average Bonchev–Trinajstić information content (AvgIpc) is 3.32. The van der Waals surface area contributed by atoms with E-state index in [9.17, 15) is 0 Å². The third-order valence-corrected chi connectivity index (χ3v) is 7.33. The molecule has 4 nitrogen and oxygen atoms in total. The van der Waals surface area contributed by atoms with Crippen molar-refractivity contribution in [2.75, 3.05) is 6.54 Å². The number of hydrogen-bond acceptors (Lipinski definition) is 4. The summed E-state index contributed by atoms with van der Waals surface area (Å²) in [5.74, 6) is 0. The number of halogens is 1. The van der Waals surface area contributed by atoms with E-state index in [1.54, 1.807) is 0 Å². The van der Waals surface area contributed by atoms with E-state index in [2.05, 4.69) is 93.6 Å². The fourth-order valence-electron chi connectivity index (χ4n) is 4.55. The van der Waals surface area contributed by atoms with E-state index in [1.807, 2.05) is 24.0 Å². The van der Waals surface area contributed by atoms with E-state index in [-0.39, 0.29) is 12.1 Å². The largest absolute Gasteiger partial charge is 0.341 e. The summed E-state index contributed by atoms with van der Waals surface area (Å²) in [5, 5.41) is 1.72. The van der Waals surface area contributed by atoms with Gasteiger partial charge in [-0.15, -0.1) is 0 Å². The molecule has 6 heteroatoms. The SMILES string of the molecule is Cc1cc(C2C(c3ccccn3)N=C3SC(C)CN32)c(C)n1-c1cccc(Br)c1. The maximum atomic E-state index is 5.12. The predicted molar refractivity (Wildman–Crippen MR) is 124 cm³/mol. The summed E-state index contributed by atoms with van der Waals surface area (Å²) in [7, 11) is 0. The molecule has 1 aromatic carbocycles. The molecule has 2 aromatic heterocycles. The number of rotatable bonds is 3. The smallest absolute Gasteiger partial charge is 0.160 e. The van der Waals surface area contributed by atoms with Gasteiger partial charge in [-0.25, -0.2) is 0 Å². The predicted octanol–water partition coefficient (Wildman–Crippen LogP) is 5.84. The minimum absolute atomic E-state index is 0.0302. The van der Waals surface area contributed by atoms with Crippen molar-refractivity contribution < 1.29 is 0 Å². The van der Waals surface area contributed by atoms with E-state index in [1.165, 1.54) is 22.6 Å². The van der Waals surface area contributed by atoms with E-state index < -0.39 is 0 Å². The number of aromatic nitrogens is 2. The quantitative estimate of drug-likeness (QED) is 0.485. The van der Waals surface area contributed by atoms with Gasteiger partial charge in [0.2, 0.25) is 0 Å². The summed E-state index contributed by atoms with van der Waals surface area (Å²) >= 11 is 5.50. The van der Waals surface area contributed by atoms with Gasteiger partial charge in [-0.05, 0) is 55.8 Å². The third-order valence-electron chi connectivity index (χ3n) is 5.74. The molecule has 1 saturated heterocycles. The molecule has 0 bridgehead atoms. The standard InChI is InChI=1S/C23H23BrN4S/c1-14-11-19(16(3)28(14)18-8-6-7-17(24)12-18)22-21(20-9-4-5-10-25-20)26-23-27(22)13-15(2)29-23/h4-12,15,21-22H,13H2,1-3H3. The van der Waals surface area contributed by atoms with Crippen LogP contribution in [-0.4, -0.2) is 31.4 Å². The highest BCUT2D eigenvalue weighted by Crippen LogP contribution is 2.48. The number of thioether (sulfide) groups is 1. The number of fused-ring (bicyclic) bond motifs is 1. The Morgan fingerprint density at radius 2 is 1.97 bits per heavy atom. The maximum Gasteiger partial charge on any atom is 0.160 e. The van der Waals surface area contributed by atoms with E-state index in [0.29, 0.717) is 5.25 Å². The molecular formula is C23H23BrN4S. The molecule has 0 N–H and O–H groups in total. The minimum atomic E-state index is 0.0302. The molecule has 2 aliphatic heterocycles. The Balaban J connectivity index is 1.63. The second-order valence-electron chi connectivity index (χ2n) is 7.78. The Morgan fingerprint density at radius 1 is 1.10 bits per heavy atom. The Morgan fingerprint density at radius 3 is 2.72 bits per heavy atom. The monoisotopic (exact) mass is 466 g/mol. The van der Waals surface area contributed by atoms with Gasteiger partial charge in [-0.2, -0.15) is 0 Å². The molecule has 4 heterocycles. The van der Waals surface area contributed by atoms with E-state index >= 15 is 0 Å². The van der Waals surface area contributed by atoms with Gasteiger partial charge in [0, 0.05) is 39.5 Å². The van der Waals surface area contributed by atoms with Crippen LogP contribution < -0.4 is 0 Å². The lowest BCUT2D eigenvalue weighted by atomic mass is 9.96. The Kier molecular flexibility index (Phi) is 4.79. The normalized spacial score (nSPS) is 23.4. The Hall–Kier alpha value is -2.05. The van der Waals surface area contributed by atoms with Crippen molar-refractivity contribution in [3.8, 4) is 5.69 Å². The number of pyridine rings is 1. The second kappa shape index (κ2) is 7.33. The molecule has 1 fully saturated rings. The first-order valence-corrected chi connectivity index (χ1v) is 11.6. The van der Waals surface area contributed by atoms with Crippen LogP contribution in [0.5, 0.6) is 0 Å². The highest BCUT2D eigenvalue weighted by molar-refractivity contribution is 9.10. The molecule has 0 radical (unpaired) electrons. The molecule has 0 saturated carbocycles. The van der Waals surface area contributed by atoms with Crippen molar-refractivity contribution in [1.82, 2.24) is 14.5 Å². The molecule has 5 rings (SSSR count). The molecule has 3 aromatic rings. The number of amidine groups is 1. The van der Waals surface area contributed by atoms with Gasteiger partial charge in [-0.1, -0.05) is 46.7 Å². The molecule has 29 heavy (non-hydrogen) atoms. The number of aryl methyl sites for hydroxylation is 1. The lowest BCUT2D eigenvalue weighted by molar-refractivity contribution is 0.320. The van der Waals surface area contributed by atoms with Gasteiger partial charge in [0.25, 0.3) is 0 Å². The zero-order chi connectivity index (χ0) is 20.1. The molecule has 3 unspecified atom stereocenters. The van der Waals surface area contributed by atoms with Gasteiger partial charge in [0.05, 0.1) is 11.7 Å². The van der Waals surface area contributed by atoms with Gasteiger partial charge < -0.3 is 9.47 Å². The van der Waals surface area contributed by atoms with Crippen LogP contribution >= 0.6 is 27.7 Å². The summed E-state index contributed by atoms with van der Waals surface area (Å²) in [6, 6.07) is 17.2. The zero-order valence-electron chi connectivity index (χ0n) is 16.7. The van der Waals surface area contributed by atoms with Crippen LogP contribution in [0.2, 0.25) is 0 Å². The lowest BCUT2D eigenvalue weighted by Gasteiger charge is -2.27. The fourth-order valence-corrected chi connectivity index (χ4v) is 6.03. The van der Waals surface area contributed by atoms with Crippen LogP contribution in [0.3, 0.4) is 0 Å². The molecular weight excluding hydrogens is 444 g/mol. The number of hydrogen-bond donors (Lipinski definition) is 0.